The zero-order valence-corrected chi connectivity index (χ0v) is 9.11. The third-order valence-electron chi connectivity index (χ3n) is 2.57. The molecule has 1 aliphatic rings. The maximum Gasteiger partial charge on any atom is 0.326 e. The summed E-state index contributed by atoms with van der Waals surface area (Å²) in [6.07, 6.45) is 7.69. The number of amides is 2. The molecule has 0 aliphatic carbocycles. The van der Waals surface area contributed by atoms with E-state index < -0.39 is 12.0 Å². The van der Waals surface area contributed by atoms with E-state index in [0.717, 1.165) is 6.42 Å². The summed E-state index contributed by atoms with van der Waals surface area (Å²) < 4.78 is 0. The van der Waals surface area contributed by atoms with E-state index in [2.05, 4.69) is 11.2 Å². The van der Waals surface area contributed by atoms with Crippen molar-refractivity contribution in [3.05, 3.63) is 0 Å². The van der Waals surface area contributed by atoms with E-state index in [1.165, 1.54) is 4.90 Å². The molecule has 1 saturated heterocycles. The van der Waals surface area contributed by atoms with Gasteiger partial charge in [0.15, 0.2) is 0 Å². The lowest BCUT2D eigenvalue weighted by atomic mass is 10.2. The number of nitrogens with one attached hydrogen (secondary N) is 1. The van der Waals surface area contributed by atoms with Gasteiger partial charge in [0.25, 0.3) is 0 Å². The molecular formula is C11H16N2O3. The molecule has 1 fully saturated rings. The molecule has 1 unspecified atom stereocenters. The minimum Gasteiger partial charge on any atom is -0.480 e. The first-order valence-corrected chi connectivity index (χ1v) is 5.37. The largest absolute Gasteiger partial charge is 0.480 e. The van der Waals surface area contributed by atoms with E-state index >= 15 is 0 Å². The van der Waals surface area contributed by atoms with Crippen LogP contribution in [0.15, 0.2) is 0 Å². The number of nitrogens with zero attached hydrogens (tertiary/aromatic N) is 1. The summed E-state index contributed by atoms with van der Waals surface area (Å²) in [4.78, 5) is 23.8. The second-order valence-electron chi connectivity index (χ2n) is 3.73. The molecular weight excluding hydrogens is 208 g/mol. The fourth-order valence-corrected chi connectivity index (χ4v) is 1.75. The highest BCUT2D eigenvalue weighted by molar-refractivity contribution is 5.83. The minimum atomic E-state index is -0.934. The molecule has 16 heavy (non-hydrogen) atoms. The van der Waals surface area contributed by atoms with Crippen LogP contribution >= 0.6 is 0 Å². The summed E-state index contributed by atoms with van der Waals surface area (Å²) >= 11 is 0. The average Bonchev–Trinajstić information content (AvgIpc) is 2.73. The van der Waals surface area contributed by atoms with Crippen molar-refractivity contribution in [3.63, 3.8) is 0 Å². The van der Waals surface area contributed by atoms with E-state index in [4.69, 9.17) is 11.5 Å². The van der Waals surface area contributed by atoms with Crippen molar-refractivity contribution < 1.29 is 14.7 Å². The Bertz CT molecular complexity index is 309. The Kier molecular flexibility index (Phi) is 4.65. The summed E-state index contributed by atoms with van der Waals surface area (Å²) in [7, 11) is 0. The van der Waals surface area contributed by atoms with Crippen molar-refractivity contribution in [2.45, 2.75) is 31.7 Å². The normalized spacial score (nSPS) is 19.2. The van der Waals surface area contributed by atoms with Crippen LogP contribution in [0.3, 0.4) is 0 Å². The number of urea groups is 1. The molecule has 1 rings (SSSR count). The van der Waals surface area contributed by atoms with E-state index in [1.54, 1.807) is 0 Å². The van der Waals surface area contributed by atoms with E-state index in [1.807, 2.05) is 0 Å². The third-order valence-corrected chi connectivity index (χ3v) is 2.57. The van der Waals surface area contributed by atoms with Crippen molar-refractivity contribution in [2.75, 3.05) is 13.1 Å². The quantitative estimate of drug-likeness (QED) is 0.544. The first-order chi connectivity index (χ1) is 7.66. The van der Waals surface area contributed by atoms with Crippen LogP contribution in [0.2, 0.25) is 0 Å². The maximum absolute atomic E-state index is 11.6. The molecule has 5 nitrogen and oxygen atoms in total. The van der Waals surface area contributed by atoms with Gasteiger partial charge in [-0.15, -0.1) is 12.3 Å². The number of carbonyl (C=O) groups excluding carboxylic acids is 1. The Morgan fingerprint density at radius 3 is 2.94 bits per heavy atom. The molecule has 1 atom stereocenters. The van der Waals surface area contributed by atoms with Gasteiger partial charge in [0.1, 0.15) is 6.04 Å². The molecule has 1 aliphatic heterocycles. The minimum absolute atomic E-state index is 0.304. The standard InChI is InChI=1S/C11H16N2O3/c1-2-3-4-7-12-11(16)13-8-5-6-9(13)10(14)15/h1,9H,3-8H2,(H,12,16)(H,14,15). The molecule has 0 bridgehead atoms. The van der Waals surface area contributed by atoms with E-state index in [-0.39, 0.29) is 6.03 Å². The molecule has 5 heteroatoms. The van der Waals surface area contributed by atoms with Crippen LogP contribution in [0.1, 0.15) is 25.7 Å². The first-order valence-electron chi connectivity index (χ1n) is 5.37. The van der Waals surface area contributed by atoms with Gasteiger partial charge in [-0.3, -0.25) is 0 Å². The van der Waals surface area contributed by atoms with Crippen LogP contribution in [-0.4, -0.2) is 41.1 Å². The molecule has 0 radical (unpaired) electrons. The topological polar surface area (TPSA) is 69.6 Å². The average molecular weight is 224 g/mol. The zero-order valence-electron chi connectivity index (χ0n) is 9.11. The summed E-state index contributed by atoms with van der Waals surface area (Å²) in [6, 6.07) is -0.977. The Balaban J connectivity index is 2.36. The first kappa shape index (κ1) is 12.4. The highest BCUT2D eigenvalue weighted by atomic mass is 16.4. The van der Waals surface area contributed by atoms with Crippen LogP contribution in [0.25, 0.3) is 0 Å². The third kappa shape index (κ3) is 3.16. The summed E-state index contributed by atoms with van der Waals surface area (Å²) in [5.74, 6) is 1.54. The number of carbonyl (C=O) groups is 2. The van der Waals surface area contributed by atoms with Crippen molar-refractivity contribution in [1.82, 2.24) is 10.2 Å². The number of terminal acetylenes is 1. The van der Waals surface area contributed by atoms with Crippen molar-refractivity contribution in [3.8, 4) is 12.3 Å². The fourth-order valence-electron chi connectivity index (χ4n) is 1.75. The Morgan fingerprint density at radius 2 is 2.31 bits per heavy atom. The van der Waals surface area contributed by atoms with Crippen LogP contribution in [-0.2, 0) is 4.79 Å². The predicted molar refractivity (Wildman–Crippen MR) is 58.8 cm³/mol. The number of aliphatic carboxylic acids is 1. The van der Waals surface area contributed by atoms with Gasteiger partial charge < -0.3 is 15.3 Å². The fraction of sp³-hybridized carbons (Fsp3) is 0.636. The van der Waals surface area contributed by atoms with Crippen molar-refractivity contribution in [1.29, 1.82) is 0 Å². The summed E-state index contributed by atoms with van der Waals surface area (Å²) in [5, 5.41) is 11.6. The van der Waals surface area contributed by atoms with Crippen LogP contribution < -0.4 is 5.32 Å². The monoisotopic (exact) mass is 224 g/mol. The summed E-state index contributed by atoms with van der Waals surface area (Å²) in [5.41, 5.74) is 0. The predicted octanol–water partition coefficient (Wildman–Crippen LogP) is 0.658. The van der Waals surface area contributed by atoms with Gasteiger partial charge in [-0.2, -0.15) is 0 Å². The molecule has 88 valence electrons. The molecule has 2 N–H and O–H groups in total. The van der Waals surface area contributed by atoms with Crippen molar-refractivity contribution >= 4 is 12.0 Å². The Labute approximate surface area is 94.8 Å². The number of hydrogen-bond donors (Lipinski definition) is 2. The van der Waals surface area contributed by atoms with Gasteiger partial charge in [-0.05, 0) is 19.3 Å². The highest BCUT2D eigenvalue weighted by Crippen LogP contribution is 2.17. The zero-order chi connectivity index (χ0) is 12.0. The molecule has 0 saturated carbocycles. The van der Waals surface area contributed by atoms with E-state index in [9.17, 15) is 9.59 Å². The van der Waals surface area contributed by atoms with Crippen LogP contribution in [0.5, 0.6) is 0 Å². The number of carboxylic acid groups (broad SMARTS) is 1. The number of carboxylic acids is 1. The number of hydrogen-bond acceptors (Lipinski definition) is 2. The van der Waals surface area contributed by atoms with Crippen LogP contribution in [0.4, 0.5) is 4.79 Å². The molecule has 0 spiro atoms. The number of rotatable bonds is 4. The lowest BCUT2D eigenvalue weighted by Crippen LogP contribution is -2.46. The van der Waals surface area contributed by atoms with Gasteiger partial charge >= 0.3 is 12.0 Å². The van der Waals surface area contributed by atoms with Gasteiger partial charge in [-0.25, -0.2) is 9.59 Å². The SMILES string of the molecule is C#CCCCNC(=O)N1CCCC1C(=O)O. The molecule has 0 aromatic rings. The van der Waals surface area contributed by atoms with Gasteiger partial charge in [0.05, 0.1) is 0 Å². The lowest BCUT2D eigenvalue weighted by molar-refractivity contribution is -0.141. The van der Waals surface area contributed by atoms with E-state index in [0.29, 0.717) is 32.4 Å². The highest BCUT2D eigenvalue weighted by Gasteiger charge is 2.33. The smallest absolute Gasteiger partial charge is 0.326 e. The lowest BCUT2D eigenvalue weighted by Gasteiger charge is -2.21. The maximum atomic E-state index is 11.6. The molecule has 0 aromatic heterocycles. The second-order valence-corrected chi connectivity index (χ2v) is 3.73. The van der Waals surface area contributed by atoms with Crippen LogP contribution in [0, 0.1) is 12.3 Å². The molecule has 2 amide bonds. The van der Waals surface area contributed by atoms with Crippen molar-refractivity contribution in [2.24, 2.45) is 0 Å². The van der Waals surface area contributed by atoms with Gasteiger partial charge in [-0.1, -0.05) is 0 Å². The Morgan fingerprint density at radius 1 is 1.56 bits per heavy atom. The number of unbranched alkanes of at least 4 members (excludes halogenated alkanes) is 1. The number of likely N-dealkylation sites (tertiary alicyclic amines) is 1. The second kappa shape index (κ2) is 6.01. The summed E-state index contributed by atoms with van der Waals surface area (Å²) in [6.45, 7) is 1.00. The molecule has 1 heterocycles. The van der Waals surface area contributed by atoms with Gasteiger partial charge in [0, 0.05) is 19.5 Å². The Hall–Kier alpha value is -1.70. The molecule has 0 aromatic carbocycles. The van der Waals surface area contributed by atoms with Gasteiger partial charge in [0.2, 0.25) is 0 Å².